The molecule has 0 aromatic heterocycles. The van der Waals surface area contributed by atoms with E-state index in [0.717, 1.165) is 17.1 Å². The first kappa shape index (κ1) is 9.03. The maximum absolute atomic E-state index is 11.7. The second-order valence-corrected chi connectivity index (χ2v) is 5.00. The van der Waals surface area contributed by atoms with E-state index in [2.05, 4.69) is 0 Å². The summed E-state index contributed by atoms with van der Waals surface area (Å²) in [5.74, 6) is 0. The summed E-state index contributed by atoms with van der Waals surface area (Å²) in [4.78, 5) is 2.40. The maximum Gasteiger partial charge on any atom is 0.185 e. The maximum atomic E-state index is 11.7. The van der Waals surface area contributed by atoms with Crippen LogP contribution in [0.25, 0.3) is 0 Å². The number of anilines is 1. The molecule has 0 saturated heterocycles. The minimum atomic E-state index is -1.08. The van der Waals surface area contributed by atoms with Gasteiger partial charge in [0.05, 0.1) is 21.4 Å². The Morgan fingerprint density at radius 3 is 2.92 bits per heavy atom. The number of hydrogen-bond donors (Lipinski definition) is 0. The van der Waals surface area contributed by atoms with Gasteiger partial charge in [-0.2, -0.15) is 0 Å². The molecule has 1 aromatic rings. The van der Waals surface area contributed by atoms with Crippen LogP contribution < -0.4 is 4.90 Å². The number of para-hydroxylation sites is 1. The highest BCUT2D eigenvalue weighted by Crippen LogP contribution is 2.36. The number of halogens is 1. The summed E-state index contributed by atoms with van der Waals surface area (Å²) in [5.41, 5.74) is 1.00. The Bertz CT molecular complexity index is 355. The highest BCUT2D eigenvalue weighted by atomic mass is 35.5. The minimum Gasteiger partial charge on any atom is -0.344 e. The number of alkyl halides is 1. The molecule has 1 aromatic carbocycles. The lowest BCUT2D eigenvalue weighted by atomic mass is 10.3. The molecular formula is C9H10ClNOS. The highest BCUT2D eigenvalue weighted by Gasteiger charge is 2.32. The van der Waals surface area contributed by atoms with Crippen LogP contribution >= 0.6 is 11.6 Å². The van der Waals surface area contributed by atoms with Gasteiger partial charge in [-0.15, -0.1) is 0 Å². The van der Waals surface area contributed by atoms with Crippen LogP contribution in [-0.4, -0.2) is 15.6 Å². The molecule has 13 heavy (non-hydrogen) atoms. The summed E-state index contributed by atoms with van der Waals surface area (Å²) in [5, 5.41) is 0. The van der Waals surface area contributed by atoms with Gasteiger partial charge in [-0.25, -0.2) is 0 Å². The third-order valence-electron chi connectivity index (χ3n) is 2.15. The molecule has 0 fully saturated rings. The topological polar surface area (TPSA) is 20.3 Å². The molecule has 2 rings (SSSR count). The van der Waals surface area contributed by atoms with Crippen molar-refractivity contribution < 1.29 is 4.21 Å². The van der Waals surface area contributed by atoms with Gasteiger partial charge in [0.2, 0.25) is 0 Å². The minimum absolute atomic E-state index is 0.401. The summed E-state index contributed by atoms with van der Waals surface area (Å²) in [6.07, 6.45) is 0. The second kappa shape index (κ2) is 3.31. The van der Waals surface area contributed by atoms with E-state index < -0.39 is 15.6 Å². The van der Waals surface area contributed by atoms with Crippen LogP contribution in [0.4, 0.5) is 5.69 Å². The van der Waals surface area contributed by atoms with Crippen molar-refractivity contribution in [2.24, 2.45) is 0 Å². The van der Waals surface area contributed by atoms with Gasteiger partial charge in [-0.05, 0) is 19.1 Å². The first-order valence-corrected chi connectivity index (χ1v) is 5.81. The van der Waals surface area contributed by atoms with Crippen LogP contribution in [0.15, 0.2) is 29.2 Å². The van der Waals surface area contributed by atoms with Crippen molar-refractivity contribution in [3.8, 4) is 0 Å². The normalized spacial score (nSPS) is 26.2. The summed E-state index contributed by atoms with van der Waals surface area (Å²) in [7, 11) is -1.08. The van der Waals surface area contributed by atoms with Gasteiger partial charge in [0.25, 0.3) is 0 Å². The Morgan fingerprint density at radius 1 is 1.54 bits per heavy atom. The molecule has 0 aliphatic carbocycles. The molecule has 0 bridgehead atoms. The number of rotatable bonds is 1. The van der Waals surface area contributed by atoms with Crippen molar-refractivity contribution in [2.45, 2.75) is 16.7 Å². The van der Waals surface area contributed by atoms with E-state index in [1.165, 1.54) is 0 Å². The van der Waals surface area contributed by atoms with Crippen LogP contribution in [0.1, 0.15) is 6.92 Å². The number of benzene rings is 1. The smallest absolute Gasteiger partial charge is 0.185 e. The van der Waals surface area contributed by atoms with Gasteiger partial charge in [-0.1, -0.05) is 23.7 Å². The molecule has 0 saturated carbocycles. The average molecular weight is 216 g/mol. The van der Waals surface area contributed by atoms with E-state index >= 15 is 0 Å². The predicted molar refractivity (Wildman–Crippen MR) is 55.5 cm³/mol. The van der Waals surface area contributed by atoms with E-state index in [1.54, 1.807) is 0 Å². The fourth-order valence-corrected chi connectivity index (χ4v) is 3.35. The standard InChI is InChI=1S/C9H10ClNOS/c1-2-11-7-5-3-4-6-8(7)13(12)9(11)10/h3-6,9H,2H2,1H3. The van der Waals surface area contributed by atoms with Gasteiger partial charge in [0, 0.05) is 6.54 Å². The average Bonchev–Trinajstić information content (AvgIpc) is 2.41. The van der Waals surface area contributed by atoms with Crippen molar-refractivity contribution in [3.63, 3.8) is 0 Å². The zero-order chi connectivity index (χ0) is 9.42. The number of nitrogens with zero attached hydrogens (tertiary/aromatic N) is 1. The van der Waals surface area contributed by atoms with E-state index in [9.17, 15) is 4.21 Å². The zero-order valence-corrected chi connectivity index (χ0v) is 8.81. The molecule has 0 spiro atoms. The molecule has 0 N–H and O–H groups in total. The van der Waals surface area contributed by atoms with E-state index in [-0.39, 0.29) is 0 Å². The molecule has 70 valence electrons. The largest absolute Gasteiger partial charge is 0.344 e. The quantitative estimate of drug-likeness (QED) is 0.529. The third kappa shape index (κ3) is 1.27. The Morgan fingerprint density at radius 2 is 2.23 bits per heavy atom. The SMILES string of the molecule is CCN1c2ccccc2S(=O)C1Cl. The molecule has 0 radical (unpaired) electrons. The summed E-state index contributed by atoms with van der Waals surface area (Å²) in [6.45, 7) is 2.80. The number of fused-ring (bicyclic) bond motifs is 1. The Balaban J connectivity index is 2.53. The van der Waals surface area contributed by atoms with Gasteiger partial charge in [0.1, 0.15) is 0 Å². The third-order valence-corrected chi connectivity index (χ3v) is 4.26. The van der Waals surface area contributed by atoms with E-state index in [4.69, 9.17) is 11.6 Å². The Kier molecular flexibility index (Phi) is 2.30. The van der Waals surface area contributed by atoms with Crippen molar-refractivity contribution in [1.82, 2.24) is 0 Å². The van der Waals surface area contributed by atoms with Crippen LogP contribution in [0.3, 0.4) is 0 Å². The van der Waals surface area contributed by atoms with Crippen molar-refractivity contribution in [1.29, 1.82) is 0 Å². The Labute approximate surface area is 85.0 Å². The molecular weight excluding hydrogens is 206 g/mol. The van der Waals surface area contributed by atoms with Gasteiger partial charge >= 0.3 is 0 Å². The molecule has 2 atom stereocenters. The first-order chi connectivity index (χ1) is 6.25. The fourth-order valence-electron chi connectivity index (χ4n) is 1.51. The van der Waals surface area contributed by atoms with Crippen LogP contribution in [-0.2, 0) is 10.8 Å². The lowest BCUT2D eigenvalue weighted by molar-refractivity contribution is 0.682. The first-order valence-electron chi connectivity index (χ1n) is 4.16. The van der Waals surface area contributed by atoms with Crippen molar-refractivity contribution in [3.05, 3.63) is 24.3 Å². The fraction of sp³-hybridized carbons (Fsp3) is 0.333. The lowest BCUT2D eigenvalue weighted by Gasteiger charge is -2.18. The van der Waals surface area contributed by atoms with Gasteiger partial charge in [0.15, 0.2) is 4.83 Å². The van der Waals surface area contributed by atoms with Crippen LogP contribution in [0.5, 0.6) is 0 Å². The molecule has 2 nitrogen and oxygen atoms in total. The summed E-state index contributed by atoms with van der Waals surface area (Å²) >= 11 is 6.02. The predicted octanol–water partition coefficient (Wildman–Crippen LogP) is 2.16. The van der Waals surface area contributed by atoms with Gasteiger partial charge in [-0.3, -0.25) is 4.21 Å². The Hall–Kier alpha value is -0.540. The molecule has 1 aliphatic rings. The summed E-state index contributed by atoms with van der Waals surface area (Å²) in [6, 6.07) is 7.66. The monoisotopic (exact) mass is 215 g/mol. The molecule has 1 heterocycles. The van der Waals surface area contributed by atoms with Crippen LogP contribution in [0, 0.1) is 0 Å². The lowest BCUT2D eigenvalue weighted by Crippen LogP contribution is -2.27. The van der Waals surface area contributed by atoms with Gasteiger partial charge < -0.3 is 4.90 Å². The second-order valence-electron chi connectivity index (χ2n) is 2.84. The van der Waals surface area contributed by atoms with Crippen molar-refractivity contribution >= 4 is 28.1 Å². The number of hydrogen-bond acceptors (Lipinski definition) is 2. The van der Waals surface area contributed by atoms with E-state index in [1.807, 2.05) is 36.1 Å². The summed E-state index contributed by atoms with van der Waals surface area (Å²) < 4.78 is 11.7. The highest BCUT2D eigenvalue weighted by molar-refractivity contribution is 7.87. The zero-order valence-electron chi connectivity index (χ0n) is 7.24. The molecule has 1 aliphatic heterocycles. The van der Waals surface area contributed by atoms with Crippen LogP contribution in [0.2, 0.25) is 0 Å². The molecule has 2 unspecified atom stereocenters. The van der Waals surface area contributed by atoms with E-state index in [0.29, 0.717) is 0 Å². The van der Waals surface area contributed by atoms with Crippen molar-refractivity contribution in [2.75, 3.05) is 11.4 Å². The molecule has 0 amide bonds. The molecule has 4 heteroatoms.